The summed E-state index contributed by atoms with van der Waals surface area (Å²) in [6.45, 7) is 0. The zero-order chi connectivity index (χ0) is 30.2. The van der Waals surface area contributed by atoms with Crippen molar-refractivity contribution in [3.05, 3.63) is 163 Å². The number of anilines is 2. The van der Waals surface area contributed by atoms with Crippen LogP contribution in [0.5, 0.6) is 0 Å². The second-order valence-corrected chi connectivity index (χ2v) is 12.1. The predicted octanol–water partition coefficient (Wildman–Crippen LogP) is 11.4. The first kappa shape index (κ1) is 25.3. The third-order valence-corrected chi connectivity index (χ3v) is 9.64. The molecule has 3 nitrogen and oxygen atoms in total. The number of hydrogen-bond acceptors (Lipinski definition) is 3. The van der Waals surface area contributed by atoms with Gasteiger partial charge in [-0.25, -0.2) is 0 Å². The van der Waals surface area contributed by atoms with Crippen LogP contribution >= 0.6 is 0 Å². The molecule has 216 valence electrons. The van der Waals surface area contributed by atoms with E-state index in [-0.39, 0.29) is 6.17 Å². The summed E-state index contributed by atoms with van der Waals surface area (Å²) in [4.78, 5) is 2.23. The van der Waals surface area contributed by atoms with E-state index >= 15 is 0 Å². The van der Waals surface area contributed by atoms with Crippen molar-refractivity contribution in [1.82, 2.24) is 0 Å². The van der Waals surface area contributed by atoms with E-state index in [0.717, 1.165) is 28.1 Å². The van der Waals surface area contributed by atoms with Crippen molar-refractivity contribution in [2.24, 2.45) is 0 Å². The van der Waals surface area contributed by atoms with E-state index < -0.39 is 0 Å². The van der Waals surface area contributed by atoms with Crippen LogP contribution in [-0.4, -0.2) is 6.17 Å². The molecule has 1 atom stereocenters. The van der Waals surface area contributed by atoms with Crippen LogP contribution < -0.4 is 10.2 Å². The number of furan rings is 1. The van der Waals surface area contributed by atoms with Crippen molar-refractivity contribution >= 4 is 60.4 Å². The van der Waals surface area contributed by atoms with E-state index in [1.165, 1.54) is 60.1 Å². The Morgan fingerprint density at radius 2 is 1.04 bits per heavy atom. The molecule has 3 heteroatoms. The van der Waals surface area contributed by atoms with Gasteiger partial charge in [0.05, 0.1) is 0 Å². The number of allylic oxidation sites excluding steroid dienone is 2. The molecule has 3 heterocycles. The molecule has 0 spiro atoms. The third-order valence-electron chi connectivity index (χ3n) is 9.64. The van der Waals surface area contributed by atoms with Crippen molar-refractivity contribution in [2.45, 2.75) is 6.17 Å². The van der Waals surface area contributed by atoms with Gasteiger partial charge < -0.3 is 9.73 Å². The maximum atomic E-state index is 6.38. The fourth-order valence-electron chi connectivity index (χ4n) is 7.63. The average molecular weight is 589 g/mol. The van der Waals surface area contributed by atoms with Gasteiger partial charge in [0.15, 0.2) is 0 Å². The van der Waals surface area contributed by atoms with Gasteiger partial charge in [0.2, 0.25) is 5.88 Å². The van der Waals surface area contributed by atoms with Gasteiger partial charge in [-0.15, -0.1) is 0 Å². The normalized spacial score (nSPS) is 15.3. The van der Waals surface area contributed by atoms with Crippen molar-refractivity contribution < 1.29 is 4.42 Å². The molecule has 0 aliphatic carbocycles. The largest absolute Gasteiger partial charge is 0.438 e. The molecule has 0 saturated carbocycles. The lowest BCUT2D eigenvalue weighted by Gasteiger charge is -2.26. The Morgan fingerprint density at radius 1 is 0.500 bits per heavy atom. The molecule has 10 rings (SSSR count). The van der Waals surface area contributed by atoms with E-state index in [2.05, 4.69) is 156 Å². The fraction of sp³-hybridized carbons (Fsp3) is 0.0233. The van der Waals surface area contributed by atoms with Gasteiger partial charge >= 0.3 is 0 Å². The van der Waals surface area contributed by atoms with Crippen LogP contribution in [0.15, 0.2) is 162 Å². The number of nitrogens with one attached hydrogen (secondary N) is 1. The zero-order valence-corrected chi connectivity index (χ0v) is 24.9. The first-order chi connectivity index (χ1) is 22.8. The van der Waals surface area contributed by atoms with Gasteiger partial charge in [-0.3, -0.25) is 4.90 Å². The lowest BCUT2D eigenvalue weighted by atomic mass is 9.83. The van der Waals surface area contributed by atoms with Crippen LogP contribution in [0.2, 0.25) is 0 Å². The van der Waals surface area contributed by atoms with Gasteiger partial charge in [-0.2, -0.15) is 0 Å². The average Bonchev–Trinajstić information content (AvgIpc) is 3.66. The second kappa shape index (κ2) is 9.72. The molecule has 0 amide bonds. The van der Waals surface area contributed by atoms with E-state index in [1.54, 1.807) is 0 Å². The predicted molar refractivity (Wildman–Crippen MR) is 193 cm³/mol. The smallest absolute Gasteiger partial charge is 0.226 e. The summed E-state index contributed by atoms with van der Waals surface area (Å²) in [5, 5.41) is 12.3. The molecule has 7 aromatic carbocycles. The lowest BCUT2D eigenvalue weighted by Crippen LogP contribution is -2.31. The molecule has 1 aromatic heterocycles. The van der Waals surface area contributed by atoms with Gasteiger partial charge in [-0.05, 0) is 83.9 Å². The number of hydrogen-bond donors (Lipinski definition) is 1. The number of fused-ring (bicyclic) bond motifs is 8. The summed E-state index contributed by atoms with van der Waals surface area (Å²) in [5.74, 6) is 0.864. The monoisotopic (exact) mass is 588 g/mol. The Hall–Kier alpha value is -6.06. The van der Waals surface area contributed by atoms with E-state index in [9.17, 15) is 0 Å². The minimum Gasteiger partial charge on any atom is -0.438 e. The van der Waals surface area contributed by atoms with Crippen LogP contribution in [-0.2, 0) is 0 Å². The number of nitrogens with zero attached hydrogens (tertiary/aromatic N) is 1. The molecule has 0 bridgehead atoms. The third kappa shape index (κ3) is 3.60. The van der Waals surface area contributed by atoms with Gasteiger partial charge in [-0.1, -0.05) is 133 Å². The second-order valence-electron chi connectivity index (χ2n) is 12.1. The Kier molecular flexibility index (Phi) is 5.34. The Bertz CT molecular complexity index is 2520. The minimum absolute atomic E-state index is 0.0217. The quantitative estimate of drug-likeness (QED) is 0.208. The molecule has 0 fully saturated rings. The molecule has 0 saturated heterocycles. The first-order valence-electron chi connectivity index (χ1n) is 15.8. The highest BCUT2D eigenvalue weighted by molar-refractivity contribution is 6.22. The highest BCUT2D eigenvalue weighted by Crippen LogP contribution is 2.48. The van der Waals surface area contributed by atoms with Crippen molar-refractivity contribution in [3.63, 3.8) is 0 Å². The summed E-state index contributed by atoms with van der Waals surface area (Å²) in [6.07, 6.45) is 6.78. The van der Waals surface area contributed by atoms with Gasteiger partial charge in [0.1, 0.15) is 17.4 Å². The Balaban J connectivity index is 1.22. The molecule has 2 aliphatic heterocycles. The Morgan fingerprint density at radius 3 is 1.74 bits per heavy atom. The Labute approximate surface area is 266 Å². The first-order valence-corrected chi connectivity index (χ1v) is 15.8. The molecule has 1 N–H and O–H groups in total. The number of benzene rings is 7. The number of rotatable bonds is 3. The molecule has 0 radical (unpaired) electrons. The summed E-state index contributed by atoms with van der Waals surface area (Å²) in [6, 6.07) is 50.1. The fourth-order valence-corrected chi connectivity index (χ4v) is 7.63. The van der Waals surface area contributed by atoms with Crippen LogP contribution in [0.4, 0.5) is 11.6 Å². The SMILES string of the molecule is C1=CC2Nc3c(oc4ccccc34)N2C=C1c1c2ccccc2c(-c2ccc(-c3ccccc3)c3ccccc23)c2ccccc12. The summed E-state index contributed by atoms with van der Waals surface area (Å²) < 4.78 is 6.38. The maximum absolute atomic E-state index is 6.38. The van der Waals surface area contributed by atoms with Crippen LogP contribution in [0.1, 0.15) is 5.56 Å². The molecule has 2 aliphatic rings. The standard InChI is InChI=1S/C43H28N2O/c1-2-12-27(13-3-1)29-23-24-36(31-15-5-4-14-30(29)31)41-34-18-8-6-16-32(34)40(33-17-7-9-19-35(33)41)28-22-25-39-44-42-37-20-10-11-21-38(37)46-43(42)45(39)26-28/h1-26,39,44H. The maximum Gasteiger partial charge on any atom is 0.226 e. The highest BCUT2D eigenvalue weighted by atomic mass is 16.4. The minimum atomic E-state index is 0.0217. The van der Waals surface area contributed by atoms with Crippen LogP contribution in [0.3, 0.4) is 0 Å². The van der Waals surface area contributed by atoms with Crippen LogP contribution in [0, 0.1) is 0 Å². The summed E-state index contributed by atoms with van der Waals surface area (Å²) in [7, 11) is 0. The molecule has 46 heavy (non-hydrogen) atoms. The molecular weight excluding hydrogens is 560 g/mol. The lowest BCUT2D eigenvalue weighted by molar-refractivity contribution is 0.608. The summed E-state index contributed by atoms with van der Waals surface area (Å²) in [5.41, 5.74) is 9.35. The number of para-hydroxylation sites is 1. The van der Waals surface area contributed by atoms with Gasteiger partial charge in [0, 0.05) is 11.6 Å². The van der Waals surface area contributed by atoms with E-state index in [4.69, 9.17) is 4.42 Å². The molecule has 8 aromatic rings. The zero-order valence-electron chi connectivity index (χ0n) is 24.9. The van der Waals surface area contributed by atoms with E-state index in [1.807, 2.05) is 12.1 Å². The topological polar surface area (TPSA) is 28.4 Å². The van der Waals surface area contributed by atoms with Gasteiger partial charge in [0.25, 0.3) is 0 Å². The van der Waals surface area contributed by atoms with Crippen LogP contribution in [0.25, 0.3) is 71.1 Å². The highest BCUT2D eigenvalue weighted by Gasteiger charge is 2.34. The van der Waals surface area contributed by atoms with Crippen molar-refractivity contribution in [1.29, 1.82) is 0 Å². The molecule has 1 unspecified atom stereocenters. The van der Waals surface area contributed by atoms with Crippen molar-refractivity contribution in [2.75, 3.05) is 10.2 Å². The molecular formula is C43H28N2O. The van der Waals surface area contributed by atoms with E-state index in [0.29, 0.717) is 0 Å². The van der Waals surface area contributed by atoms with Crippen molar-refractivity contribution in [3.8, 4) is 22.3 Å². The summed E-state index contributed by atoms with van der Waals surface area (Å²) >= 11 is 0.